The predicted molar refractivity (Wildman–Crippen MR) is 85.1 cm³/mol. The van der Waals surface area contributed by atoms with Crippen LogP contribution in [-0.4, -0.2) is 44.8 Å². The van der Waals surface area contributed by atoms with Crippen LogP contribution in [0.1, 0.15) is 25.7 Å². The first-order chi connectivity index (χ1) is 9.63. The van der Waals surface area contributed by atoms with Crippen molar-refractivity contribution in [3.05, 3.63) is 18.2 Å². The van der Waals surface area contributed by atoms with Crippen LogP contribution in [0, 0.1) is 0 Å². The second kappa shape index (κ2) is 8.35. The van der Waals surface area contributed by atoms with Crippen molar-refractivity contribution >= 4 is 11.4 Å². The van der Waals surface area contributed by atoms with E-state index in [4.69, 9.17) is 10.5 Å². The smallest absolute Gasteiger partial charge is 0.142 e. The molecule has 1 saturated heterocycles. The van der Waals surface area contributed by atoms with Crippen LogP contribution in [0.5, 0.6) is 5.75 Å². The Bertz CT molecular complexity index is 434. The van der Waals surface area contributed by atoms with Crippen molar-refractivity contribution in [1.82, 2.24) is 0 Å². The predicted octanol–water partition coefficient (Wildman–Crippen LogP) is -0.286. The van der Waals surface area contributed by atoms with Crippen LogP contribution in [0.2, 0.25) is 0 Å². The molecule has 0 aliphatic carbocycles. The van der Waals surface area contributed by atoms with Crippen molar-refractivity contribution in [3.8, 4) is 5.75 Å². The molecule has 4 nitrogen and oxygen atoms in total. The normalized spacial score (nSPS) is 16.9. The topological polar surface area (TPSA) is 47.3 Å². The Labute approximate surface area is 134 Å². The minimum Gasteiger partial charge on any atom is -1.00 e. The number of nitrogens with one attached hydrogen (secondary N) is 1. The van der Waals surface area contributed by atoms with Crippen molar-refractivity contribution in [3.63, 3.8) is 0 Å². The summed E-state index contributed by atoms with van der Waals surface area (Å²) in [4.78, 5) is 0. The Kier molecular flexibility index (Phi) is 7.12. The molecule has 2 rings (SSSR count). The number of hydrogen-bond acceptors (Lipinski definition) is 3. The fourth-order valence-electron chi connectivity index (χ4n) is 2.96. The van der Waals surface area contributed by atoms with Crippen LogP contribution in [0.3, 0.4) is 0 Å². The maximum absolute atomic E-state index is 5.98. The Morgan fingerprint density at radius 2 is 1.95 bits per heavy atom. The van der Waals surface area contributed by atoms with Gasteiger partial charge in [0.2, 0.25) is 0 Å². The maximum atomic E-state index is 5.98. The van der Waals surface area contributed by atoms with Gasteiger partial charge in [-0.2, -0.15) is 0 Å². The monoisotopic (exact) mass is 313 g/mol. The lowest BCUT2D eigenvalue weighted by Gasteiger charge is -2.37. The van der Waals surface area contributed by atoms with Crippen LogP contribution in [-0.2, 0) is 0 Å². The molecular formula is C16H28ClN3O. The van der Waals surface area contributed by atoms with Crippen LogP contribution in [0.15, 0.2) is 18.2 Å². The van der Waals surface area contributed by atoms with E-state index >= 15 is 0 Å². The molecule has 0 spiro atoms. The van der Waals surface area contributed by atoms with Gasteiger partial charge in [0.1, 0.15) is 5.75 Å². The fourth-order valence-corrected chi connectivity index (χ4v) is 2.96. The number of benzene rings is 1. The molecule has 1 aliphatic heterocycles. The first kappa shape index (κ1) is 17.9. The number of nitrogens with zero attached hydrogens (tertiary/aromatic N) is 1. The second-order valence-corrected chi connectivity index (χ2v) is 6.06. The van der Waals surface area contributed by atoms with E-state index in [9.17, 15) is 0 Å². The van der Waals surface area contributed by atoms with Gasteiger partial charge in [0, 0.05) is 19.2 Å². The van der Waals surface area contributed by atoms with E-state index in [0.717, 1.165) is 24.5 Å². The summed E-state index contributed by atoms with van der Waals surface area (Å²) in [5.74, 6) is 0.797. The van der Waals surface area contributed by atoms with Gasteiger partial charge in [0.15, 0.2) is 0 Å². The Morgan fingerprint density at radius 3 is 2.57 bits per heavy atom. The molecule has 0 atom stereocenters. The molecule has 0 radical (unpaired) electrons. The molecule has 21 heavy (non-hydrogen) atoms. The van der Waals surface area contributed by atoms with Gasteiger partial charge in [-0.25, -0.2) is 0 Å². The minimum atomic E-state index is 0. The third-order valence-corrected chi connectivity index (χ3v) is 4.29. The molecule has 0 bridgehead atoms. The number of rotatable bonds is 6. The average molecular weight is 314 g/mol. The van der Waals surface area contributed by atoms with Gasteiger partial charge in [-0.15, -0.1) is 0 Å². The molecule has 1 aliphatic rings. The van der Waals surface area contributed by atoms with Crippen LogP contribution in [0.25, 0.3) is 0 Å². The molecule has 0 aromatic heterocycles. The van der Waals surface area contributed by atoms with E-state index < -0.39 is 0 Å². The van der Waals surface area contributed by atoms with Gasteiger partial charge in [-0.05, 0) is 37.5 Å². The molecule has 0 saturated carbocycles. The summed E-state index contributed by atoms with van der Waals surface area (Å²) in [5, 5.41) is 3.07. The van der Waals surface area contributed by atoms with E-state index in [1.165, 1.54) is 43.4 Å². The number of nitrogen functional groups attached to an aromatic ring is 1. The quantitative estimate of drug-likeness (QED) is 0.431. The van der Waals surface area contributed by atoms with Gasteiger partial charge in [-0.3, -0.25) is 0 Å². The van der Waals surface area contributed by atoms with Gasteiger partial charge < -0.3 is 32.7 Å². The first-order valence-electron chi connectivity index (χ1n) is 7.67. The number of nitrogens with two attached hydrogens (primary N) is 1. The SMILES string of the molecule is CNc1ccc(OCCC[N+]2(C)CCCCC2)c(N)c1.[Cl-]. The largest absolute Gasteiger partial charge is 1.00 e. The summed E-state index contributed by atoms with van der Waals surface area (Å²) in [7, 11) is 4.26. The number of anilines is 2. The van der Waals surface area contributed by atoms with Crippen molar-refractivity contribution in [2.75, 3.05) is 51.4 Å². The molecule has 0 unspecified atom stereocenters. The molecule has 120 valence electrons. The summed E-state index contributed by atoms with van der Waals surface area (Å²) in [6.07, 6.45) is 5.23. The van der Waals surface area contributed by atoms with Crippen molar-refractivity contribution < 1.29 is 21.6 Å². The lowest BCUT2D eigenvalue weighted by molar-refractivity contribution is -0.914. The molecule has 1 aromatic carbocycles. The molecule has 1 fully saturated rings. The summed E-state index contributed by atoms with van der Waals surface area (Å²) >= 11 is 0. The summed E-state index contributed by atoms with van der Waals surface area (Å²) in [5.41, 5.74) is 7.70. The van der Waals surface area contributed by atoms with Gasteiger partial charge >= 0.3 is 0 Å². The highest BCUT2D eigenvalue weighted by Gasteiger charge is 2.23. The third-order valence-electron chi connectivity index (χ3n) is 4.29. The molecule has 0 amide bonds. The lowest BCUT2D eigenvalue weighted by atomic mass is 10.1. The minimum absolute atomic E-state index is 0. The van der Waals surface area contributed by atoms with Crippen molar-refractivity contribution in [2.45, 2.75) is 25.7 Å². The number of ether oxygens (including phenoxy) is 1. The second-order valence-electron chi connectivity index (χ2n) is 6.06. The average Bonchev–Trinajstić information content (AvgIpc) is 2.45. The third kappa shape index (κ3) is 5.29. The van der Waals surface area contributed by atoms with E-state index in [0.29, 0.717) is 5.69 Å². The molecular weight excluding hydrogens is 286 g/mol. The zero-order chi connectivity index (χ0) is 14.4. The van der Waals surface area contributed by atoms with Crippen molar-refractivity contribution in [1.29, 1.82) is 0 Å². The number of hydrogen-bond donors (Lipinski definition) is 2. The zero-order valence-electron chi connectivity index (χ0n) is 13.2. The van der Waals surface area contributed by atoms with E-state index in [2.05, 4.69) is 12.4 Å². The number of halogens is 1. The lowest BCUT2D eigenvalue weighted by Crippen LogP contribution is -3.00. The van der Waals surface area contributed by atoms with E-state index in [-0.39, 0.29) is 12.4 Å². The summed E-state index contributed by atoms with van der Waals surface area (Å²) < 4.78 is 7.02. The highest BCUT2D eigenvalue weighted by molar-refractivity contribution is 5.62. The van der Waals surface area contributed by atoms with Crippen LogP contribution < -0.4 is 28.2 Å². The highest BCUT2D eigenvalue weighted by Crippen LogP contribution is 2.25. The number of piperidine rings is 1. The molecule has 1 heterocycles. The molecule has 1 aromatic rings. The molecule has 3 N–H and O–H groups in total. The molecule has 5 heteroatoms. The van der Waals surface area contributed by atoms with Gasteiger partial charge in [0.05, 0.1) is 39.0 Å². The summed E-state index contributed by atoms with van der Waals surface area (Å²) in [6.45, 7) is 4.59. The fraction of sp³-hybridized carbons (Fsp3) is 0.625. The Morgan fingerprint density at radius 1 is 1.24 bits per heavy atom. The Balaban J connectivity index is 0.00000220. The van der Waals surface area contributed by atoms with Crippen LogP contribution >= 0.6 is 0 Å². The highest BCUT2D eigenvalue weighted by atomic mass is 35.5. The van der Waals surface area contributed by atoms with Gasteiger partial charge in [0.25, 0.3) is 0 Å². The summed E-state index contributed by atoms with van der Waals surface area (Å²) in [6, 6.07) is 5.84. The maximum Gasteiger partial charge on any atom is 0.142 e. The van der Waals surface area contributed by atoms with E-state index in [1.807, 2.05) is 25.2 Å². The van der Waals surface area contributed by atoms with Gasteiger partial charge in [-0.1, -0.05) is 0 Å². The van der Waals surface area contributed by atoms with E-state index in [1.54, 1.807) is 0 Å². The number of likely N-dealkylation sites (tertiary alicyclic amines) is 1. The number of quaternary nitrogens is 1. The Hall–Kier alpha value is -1.13. The zero-order valence-corrected chi connectivity index (χ0v) is 14.0. The first-order valence-corrected chi connectivity index (χ1v) is 7.67. The standard InChI is InChI=1S/C16H28N3O.ClH/c1-18-14-7-8-16(15(17)13-14)20-12-6-11-19(2)9-4-3-5-10-19;/h7-8,13,18H,3-6,9-12,17H2,1-2H3;1H/q+1;/p-1. The van der Waals surface area contributed by atoms with Crippen molar-refractivity contribution in [2.24, 2.45) is 0 Å². The van der Waals surface area contributed by atoms with Crippen LogP contribution in [0.4, 0.5) is 11.4 Å².